The molecule has 0 saturated carbocycles. The molecule has 0 spiro atoms. The van der Waals surface area contributed by atoms with Crippen LogP contribution in [0.1, 0.15) is 10.1 Å². The van der Waals surface area contributed by atoms with Gasteiger partial charge in [-0.1, -0.05) is 41.4 Å². The maximum Gasteiger partial charge on any atom is 0.262 e. The Kier molecular flexibility index (Phi) is 6.22. The van der Waals surface area contributed by atoms with Gasteiger partial charge in [0.2, 0.25) is 0 Å². The zero-order chi connectivity index (χ0) is 16.9. The predicted octanol–water partition coefficient (Wildman–Crippen LogP) is 5.49. The number of para-hydroxylation sites is 1. The molecule has 0 radical (unpaired) electrons. The highest BCUT2D eigenvalue weighted by atomic mass is 35.5. The minimum atomic E-state index is -0.255. The van der Waals surface area contributed by atoms with Gasteiger partial charge in [0.1, 0.15) is 5.75 Å². The van der Waals surface area contributed by atoms with Gasteiger partial charge in [0.15, 0.2) is 6.61 Å². The quantitative estimate of drug-likeness (QED) is 0.720. The first-order valence-electron chi connectivity index (χ1n) is 7.33. The number of thioether (sulfide) groups is 2. The van der Waals surface area contributed by atoms with Crippen molar-refractivity contribution in [2.24, 2.45) is 0 Å². The summed E-state index contributed by atoms with van der Waals surface area (Å²) < 4.78 is 6.11. The maximum absolute atomic E-state index is 12.1. The topological polar surface area (TPSA) is 38.3 Å². The average molecular weight is 400 g/mol. The largest absolute Gasteiger partial charge is 0.483 e. The molecule has 3 rings (SSSR count). The summed E-state index contributed by atoms with van der Waals surface area (Å²) in [5, 5.41) is 3.68. The second-order valence-corrected chi connectivity index (χ2v) is 8.70. The van der Waals surface area contributed by atoms with Crippen LogP contribution in [-0.2, 0) is 4.79 Å². The van der Waals surface area contributed by atoms with Crippen LogP contribution in [0.3, 0.4) is 0 Å². The number of anilines is 1. The summed E-state index contributed by atoms with van der Waals surface area (Å²) in [6, 6.07) is 12.8. The third-order valence-corrected chi connectivity index (χ3v) is 6.80. The van der Waals surface area contributed by atoms with Crippen LogP contribution in [0.5, 0.6) is 5.75 Å². The molecule has 1 aliphatic heterocycles. The molecule has 24 heavy (non-hydrogen) atoms. The molecule has 126 valence electrons. The molecule has 3 nitrogen and oxygen atoms in total. The first-order valence-corrected chi connectivity index (χ1v) is 10.2. The fraction of sp³-hybridized carbons (Fsp3) is 0.235. The van der Waals surface area contributed by atoms with Crippen LogP contribution in [0, 0.1) is 0 Å². The van der Waals surface area contributed by atoms with Gasteiger partial charge in [-0.25, -0.2) is 0 Å². The lowest BCUT2D eigenvalue weighted by Crippen LogP contribution is -2.20. The molecule has 7 heteroatoms. The smallest absolute Gasteiger partial charge is 0.262 e. The van der Waals surface area contributed by atoms with E-state index in [0.29, 0.717) is 20.3 Å². The van der Waals surface area contributed by atoms with E-state index in [4.69, 9.17) is 27.9 Å². The van der Waals surface area contributed by atoms with E-state index in [-0.39, 0.29) is 12.5 Å². The molecular formula is C17H15Cl2NO2S2. The van der Waals surface area contributed by atoms with Crippen LogP contribution < -0.4 is 10.1 Å². The Bertz CT molecular complexity index is 716. The van der Waals surface area contributed by atoms with Gasteiger partial charge in [0, 0.05) is 32.8 Å². The summed E-state index contributed by atoms with van der Waals surface area (Å²) in [7, 11) is 0. The van der Waals surface area contributed by atoms with Crippen molar-refractivity contribution in [3.63, 3.8) is 0 Å². The average Bonchev–Trinajstić information content (AvgIpc) is 3.06. The van der Waals surface area contributed by atoms with Crippen LogP contribution >= 0.6 is 46.7 Å². The van der Waals surface area contributed by atoms with Gasteiger partial charge in [0.25, 0.3) is 5.91 Å². The van der Waals surface area contributed by atoms with Gasteiger partial charge in [0.05, 0.1) is 4.58 Å². The van der Waals surface area contributed by atoms with Crippen LogP contribution in [0.2, 0.25) is 10.0 Å². The van der Waals surface area contributed by atoms with E-state index >= 15 is 0 Å². The summed E-state index contributed by atoms with van der Waals surface area (Å²) in [4.78, 5) is 12.1. The number of nitrogens with one attached hydrogen (secondary N) is 1. The second kappa shape index (κ2) is 8.39. The number of hydrogen-bond acceptors (Lipinski definition) is 4. The SMILES string of the molecule is O=C(COc1ccccc1C1SCCS1)Nc1cc(Cl)cc(Cl)c1. The first kappa shape index (κ1) is 17.8. The number of carbonyl (C=O) groups excluding carboxylic acids is 1. The van der Waals surface area contributed by atoms with Gasteiger partial charge in [-0.15, -0.1) is 23.5 Å². The highest BCUT2D eigenvalue weighted by Crippen LogP contribution is 2.48. The van der Waals surface area contributed by atoms with Crippen LogP contribution in [0.15, 0.2) is 42.5 Å². The van der Waals surface area contributed by atoms with Gasteiger partial charge in [-0.3, -0.25) is 4.79 Å². The van der Waals surface area contributed by atoms with Crippen molar-refractivity contribution in [1.29, 1.82) is 0 Å². The standard InChI is InChI=1S/C17H15Cl2NO2S2/c18-11-7-12(19)9-13(8-11)20-16(21)10-22-15-4-2-1-3-14(15)17-23-5-6-24-17/h1-4,7-9,17H,5-6,10H2,(H,20,21). The zero-order valence-electron chi connectivity index (χ0n) is 12.6. The maximum atomic E-state index is 12.1. The summed E-state index contributed by atoms with van der Waals surface area (Å²) in [6.45, 7) is -0.0663. The number of hydrogen-bond donors (Lipinski definition) is 1. The van der Waals surface area contributed by atoms with E-state index in [2.05, 4.69) is 11.4 Å². The van der Waals surface area contributed by atoms with E-state index in [9.17, 15) is 4.79 Å². The summed E-state index contributed by atoms with van der Waals surface area (Å²) >= 11 is 15.7. The number of amides is 1. The molecular weight excluding hydrogens is 385 g/mol. The Morgan fingerprint density at radius 2 is 1.79 bits per heavy atom. The molecule has 0 unspecified atom stereocenters. The first-order chi connectivity index (χ1) is 11.6. The number of ether oxygens (including phenoxy) is 1. The van der Waals surface area contributed by atoms with Crippen molar-refractivity contribution in [2.45, 2.75) is 4.58 Å². The van der Waals surface area contributed by atoms with Gasteiger partial charge in [-0.05, 0) is 24.3 Å². The molecule has 0 aliphatic carbocycles. The second-order valence-electron chi connectivity index (χ2n) is 5.11. The molecule has 1 aliphatic rings. The van der Waals surface area contributed by atoms with Gasteiger partial charge in [-0.2, -0.15) is 0 Å². The Labute approximate surface area is 159 Å². The van der Waals surface area contributed by atoms with Crippen molar-refractivity contribution in [3.05, 3.63) is 58.1 Å². The zero-order valence-corrected chi connectivity index (χ0v) is 15.8. The molecule has 1 N–H and O–H groups in total. The third kappa shape index (κ3) is 4.76. The molecule has 0 aromatic heterocycles. The molecule has 1 amide bonds. The number of halogens is 2. The highest BCUT2D eigenvalue weighted by molar-refractivity contribution is 8.19. The fourth-order valence-corrected chi connectivity index (χ4v) is 5.75. The van der Waals surface area contributed by atoms with E-state index in [1.54, 1.807) is 18.2 Å². The summed E-state index contributed by atoms with van der Waals surface area (Å²) in [6.07, 6.45) is 0. The lowest BCUT2D eigenvalue weighted by molar-refractivity contribution is -0.118. The summed E-state index contributed by atoms with van der Waals surface area (Å²) in [5.74, 6) is 2.78. The number of carbonyl (C=O) groups is 1. The van der Waals surface area contributed by atoms with Crippen LogP contribution in [0.4, 0.5) is 5.69 Å². The predicted molar refractivity (Wildman–Crippen MR) is 105 cm³/mol. The van der Waals surface area contributed by atoms with Crippen molar-refractivity contribution in [3.8, 4) is 5.75 Å². The van der Waals surface area contributed by atoms with Crippen molar-refractivity contribution < 1.29 is 9.53 Å². The lowest BCUT2D eigenvalue weighted by Gasteiger charge is -2.15. The molecule has 1 saturated heterocycles. The molecule has 1 fully saturated rings. The van der Waals surface area contributed by atoms with Crippen LogP contribution in [0.25, 0.3) is 0 Å². The molecule has 2 aromatic rings. The monoisotopic (exact) mass is 399 g/mol. The van der Waals surface area contributed by atoms with E-state index < -0.39 is 0 Å². The van der Waals surface area contributed by atoms with Crippen molar-refractivity contribution >= 4 is 58.3 Å². The van der Waals surface area contributed by atoms with Gasteiger partial charge < -0.3 is 10.1 Å². The Hall–Kier alpha value is -1.01. The Morgan fingerprint density at radius 3 is 2.50 bits per heavy atom. The molecule has 0 bridgehead atoms. The van der Waals surface area contributed by atoms with Gasteiger partial charge >= 0.3 is 0 Å². The number of benzene rings is 2. The number of rotatable bonds is 5. The highest BCUT2D eigenvalue weighted by Gasteiger charge is 2.21. The molecule has 1 heterocycles. The minimum Gasteiger partial charge on any atom is -0.483 e. The van der Waals surface area contributed by atoms with Crippen molar-refractivity contribution in [2.75, 3.05) is 23.4 Å². The van der Waals surface area contributed by atoms with Crippen molar-refractivity contribution in [1.82, 2.24) is 0 Å². The Balaban J connectivity index is 1.62. The van der Waals surface area contributed by atoms with Crippen LogP contribution in [-0.4, -0.2) is 24.0 Å². The lowest BCUT2D eigenvalue weighted by atomic mass is 10.2. The summed E-state index contributed by atoms with van der Waals surface area (Å²) in [5.41, 5.74) is 1.68. The van der Waals surface area contributed by atoms with E-state index in [1.807, 2.05) is 41.7 Å². The van der Waals surface area contributed by atoms with E-state index in [0.717, 1.165) is 22.8 Å². The normalized spacial score (nSPS) is 14.6. The van der Waals surface area contributed by atoms with E-state index in [1.165, 1.54) is 0 Å². The third-order valence-electron chi connectivity index (χ3n) is 3.30. The minimum absolute atomic E-state index is 0.0663. The fourth-order valence-electron chi connectivity index (χ4n) is 2.31. The Morgan fingerprint density at radius 1 is 1.12 bits per heavy atom. The molecule has 0 atom stereocenters. The molecule has 2 aromatic carbocycles.